The van der Waals surface area contributed by atoms with Gasteiger partial charge >= 0.3 is 0 Å². The van der Waals surface area contributed by atoms with Crippen LogP contribution in [0.5, 0.6) is 0 Å². The van der Waals surface area contributed by atoms with E-state index in [2.05, 4.69) is 49.8 Å². The van der Waals surface area contributed by atoms with Crippen molar-refractivity contribution in [2.75, 3.05) is 11.4 Å². The molecule has 1 aromatic heterocycles. The maximum atomic E-state index is 5.65. The van der Waals surface area contributed by atoms with Crippen LogP contribution in [0.25, 0.3) is 0 Å². The molecule has 19 heavy (non-hydrogen) atoms. The van der Waals surface area contributed by atoms with E-state index in [1.807, 2.05) is 0 Å². The van der Waals surface area contributed by atoms with E-state index in [-0.39, 0.29) is 0 Å². The number of hydrogen-bond acceptors (Lipinski definition) is 4. The first-order chi connectivity index (χ1) is 9.08. The Morgan fingerprint density at radius 1 is 1.32 bits per heavy atom. The minimum absolute atomic E-state index is 0.464. The van der Waals surface area contributed by atoms with Gasteiger partial charge in [-0.1, -0.05) is 34.1 Å². The lowest BCUT2D eigenvalue weighted by Crippen LogP contribution is -2.33. The van der Waals surface area contributed by atoms with E-state index in [9.17, 15) is 0 Å². The van der Waals surface area contributed by atoms with Crippen LogP contribution < -0.4 is 10.2 Å². The highest BCUT2D eigenvalue weighted by Gasteiger charge is 2.17. The van der Waals surface area contributed by atoms with Crippen LogP contribution in [-0.2, 0) is 6.54 Å². The second kappa shape index (κ2) is 8.20. The van der Waals surface area contributed by atoms with Gasteiger partial charge in [0.2, 0.25) is 0 Å². The molecular weight excluding hydrogens is 238 g/mol. The maximum absolute atomic E-state index is 5.65. The van der Waals surface area contributed by atoms with Gasteiger partial charge in [0.25, 0.3) is 6.01 Å². The quantitative estimate of drug-likeness (QED) is 0.742. The fourth-order valence-electron chi connectivity index (χ4n) is 1.87. The summed E-state index contributed by atoms with van der Waals surface area (Å²) in [6.07, 6.45) is 5.24. The molecular formula is C15H29N3O. The molecule has 4 nitrogen and oxygen atoms in total. The van der Waals surface area contributed by atoms with Crippen LogP contribution in [0.1, 0.15) is 59.6 Å². The predicted octanol–water partition coefficient (Wildman–Crippen LogP) is 3.58. The molecule has 1 atom stereocenters. The fourth-order valence-corrected chi connectivity index (χ4v) is 1.87. The van der Waals surface area contributed by atoms with Gasteiger partial charge in [-0.15, -0.1) is 0 Å². The average Bonchev–Trinajstić information content (AvgIpc) is 2.85. The molecule has 4 heteroatoms. The summed E-state index contributed by atoms with van der Waals surface area (Å²) in [5.74, 6) is 0. The third-order valence-corrected chi connectivity index (χ3v) is 3.35. The topological polar surface area (TPSA) is 41.3 Å². The minimum Gasteiger partial charge on any atom is -0.432 e. The molecule has 1 heterocycles. The van der Waals surface area contributed by atoms with Crippen molar-refractivity contribution < 1.29 is 4.42 Å². The lowest BCUT2D eigenvalue weighted by molar-refractivity contribution is 0.489. The van der Waals surface area contributed by atoms with E-state index >= 15 is 0 Å². The molecule has 110 valence electrons. The second-order valence-corrected chi connectivity index (χ2v) is 5.46. The van der Waals surface area contributed by atoms with Gasteiger partial charge in [0.15, 0.2) is 0 Å². The summed E-state index contributed by atoms with van der Waals surface area (Å²) in [6.45, 7) is 12.7. The van der Waals surface area contributed by atoms with Crippen LogP contribution >= 0.6 is 0 Å². The molecule has 0 saturated heterocycles. The number of nitrogens with zero attached hydrogens (tertiary/aromatic N) is 2. The van der Waals surface area contributed by atoms with Crippen LogP contribution in [-0.4, -0.2) is 23.6 Å². The lowest BCUT2D eigenvalue weighted by Gasteiger charge is -2.26. The van der Waals surface area contributed by atoms with Crippen LogP contribution in [0, 0.1) is 0 Å². The third kappa shape index (κ3) is 5.23. The Bertz CT molecular complexity index is 349. The molecule has 0 amide bonds. The third-order valence-electron chi connectivity index (χ3n) is 3.35. The van der Waals surface area contributed by atoms with Gasteiger partial charge in [0, 0.05) is 25.2 Å². The highest BCUT2D eigenvalue weighted by molar-refractivity contribution is 5.28. The van der Waals surface area contributed by atoms with Crippen LogP contribution in [0.3, 0.4) is 0 Å². The molecule has 1 aromatic rings. The van der Waals surface area contributed by atoms with E-state index in [1.54, 1.807) is 6.26 Å². The van der Waals surface area contributed by atoms with Gasteiger partial charge in [-0.05, 0) is 19.8 Å². The van der Waals surface area contributed by atoms with Crippen molar-refractivity contribution in [1.82, 2.24) is 10.3 Å². The minimum atomic E-state index is 0.464. The van der Waals surface area contributed by atoms with E-state index < -0.39 is 0 Å². The molecule has 0 fully saturated rings. The Balaban J connectivity index is 2.67. The number of anilines is 1. The standard InChI is InChI=1S/C15H29N3O/c1-6-8-9-18(13(5)7-2)15-17-14(11-19-15)10-16-12(3)4/h11-13,16H,6-10H2,1-5H3. The van der Waals surface area contributed by atoms with Crippen molar-refractivity contribution in [1.29, 1.82) is 0 Å². The summed E-state index contributed by atoms with van der Waals surface area (Å²) in [5.41, 5.74) is 0.980. The first-order valence-electron chi connectivity index (χ1n) is 7.52. The zero-order chi connectivity index (χ0) is 14.3. The Labute approximate surface area is 117 Å². The summed E-state index contributed by atoms with van der Waals surface area (Å²) in [5, 5.41) is 3.36. The Hall–Kier alpha value is -1.03. The summed E-state index contributed by atoms with van der Waals surface area (Å²) < 4.78 is 5.65. The van der Waals surface area contributed by atoms with Crippen molar-refractivity contribution in [3.63, 3.8) is 0 Å². The van der Waals surface area contributed by atoms with E-state index in [1.165, 1.54) is 12.8 Å². The van der Waals surface area contributed by atoms with E-state index in [0.29, 0.717) is 12.1 Å². The van der Waals surface area contributed by atoms with Gasteiger partial charge in [-0.3, -0.25) is 0 Å². The number of oxazole rings is 1. The average molecular weight is 267 g/mol. The summed E-state index contributed by atoms with van der Waals surface area (Å²) in [7, 11) is 0. The lowest BCUT2D eigenvalue weighted by atomic mass is 10.2. The van der Waals surface area contributed by atoms with Crippen LogP contribution in [0.2, 0.25) is 0 Å². The largest absolute Gasteiger partial charge is 0.432 e. The molecule has 0 aliphatic heterocycles. The number of aromatic nitrogens is 1. The Morgan fingerprint density at radius 3 is 2.63 bits per heavy atom. The van der Waals surface area contributed by atoms with Crippen molar-refractivity contribution in [3.8, 4) is 0 Å². The molecule has 0 spiro atoms. The Morgan fingerprint density at radius 2 is 2.05 bits per heavy atom. The second-order valence-electron chi connectivity index (χ2n) is 5.46. The van der Waals surface area contributed by atoms with E-state index in [4.69, 9.17) is 4.42 Å². The van der Waals surface area contributed by atoms with Gasteiger partial charge in [0.1, 0.15) is 6.26 Å². The molecule has 0 aliphatic carbocycles. The van der Waals surface area contributed by atoms with Gasteiger partial charge in [0.05, 0.1) is 5.69 Å². The first kappa shape index (κ1) is 16.0. The maximum Gasteiger partial charge on any atom is 0.297 e. The molecule has 0 bridgehead atoms. The van der Waals surface area contributed by atoms with Crippen molar-refractivity contribution in [2.24, 2.45) is 0 Å². The number of unbranched alkanes of at least 4 members (excludes halogenated alkanes) is 1. The van der Waals surface area contributed by atoms with Crippen molar-refractivity contribution >= 4 is 6.01 Å². The molecule has 0 aromatic carbocycles. The van der Waals surface area contributed by atoms with E-state index in [0.717, 1.165) is 31.2 Å². The van der Waals surface area contributed by atoms with Gasteiger partial charge in [-0.2, -0.15) is 4.98 Å². The molecule has 1 rings (SSSR count). The number of nitrogens with one attached hydrogen (secondary N) is 1. The van der Waals surface area contributed by atoms with Crippen LogP contribution in [0.4, 0.5) is 6.01 Å². The highest BCUT2D eigenvalue weighted by atomic mass is 16.4. The normalized spacial score (nSPS) is 12.9. The SMILES string of the molecule is CCCCN(c1nc(CNC(C)C)co1)C(C)CC. The van der Waals surface area contributed by atoms with Crippen molar-refractivity contribution in [2.45, 2.75) is 72.5 Å². The highest BCUT2D eigenvalue weighted by Crippen LogP contribution is 2.19. The number of hydrogen-bond donors (Lipinski definition) is 1. The predicted molar refractivity (Wildman–Crippen MR) is 80.5 cm³/mol. The summed E-state index contributed by atoms with van der Waals surface area (Å²) >= 11 is 0. The molecule has 0 radical (unpaired) electrons. The molecule has 1 N–H and O–H groups in total. The monoisotopic (exact) mass is 267 g/mol. The first-order valence-corrected chi connectivity index (χ1v) is 7.52. The zero-order valence-electron chi connectivity index (χ0n) is 13.1. The van der Waals surface area contributed by atoms with Crippen molar-refractivity contribution in [3.05, 3.63) is 12.0 Å². The smallest absolute Gasteiger partial charge is 0.297 e. The molecule has 0 saturated carbocycles. The fraction of sp³-hybridized carbons (Fsp3) is 0.800. The molecule has 0 aliphatic rings. The Kier molecular flexibility index (Phi) is 6.92. The zero-order valence-corrected chi connectivity index (χ0v) is 13.1. The van der Waals surface area contributed by atoms with Crippen LogP contribution in [0.15, 0.2) is 10.7 Å². The molecule has 1 unspecified atom stereocenters. The summed E-state index contributed by atoms with van der Waals surface area (Å²) in [6, 6.07) is 1.70. The number of rotatable bonds is 9. The van der Waals surface area contributed by atoms with Gasteiger partial charge < -0.3 is 14.6 Å². The van der Waals surface area contributed by atoms with Gasteiger partial charge in [-0.25, -0.2) is 0 Å². The summed E-state index contributed by atoms with van der Waals surface area (Å²) in [4.78, 5) is 6.88.